The van der Waals surface area contributed by atoms with Crippen LogP contribution in [-0.4, -0.2) is 54.1 Å². The Labute approximate surface area is 120 Å². The van der Waals surface area contributed by atoms with Gasteiger partial charge in [0.05, 0.1) is 0 Å². The summed E-state index contributed by atoms with van der Waals surface area (Å²) in [5.41, 5.74) is -0.425. The first-order valence-corrected chi connectivity index (χ1v) is 6.83. The highest BCUT2D eigenvalue weighted by molar-refractivity contribution is 5.70. The summed E-state index contributed by atoms with van der Waals surface area (Å²) in [4.78, 5) is 13.0. The predicted octanol–water partition coefficient (Wildman–Crippen LogP) is 0.805. The molecule has 0 aromatic rings. The molecule has 0 bridgehead atoms. The zero-order valence-electron chi connectivity index (χ0n) is 12.4. The molecule has 0 radical (unpaired) electrons. The first-order chi connectivity index (χ1) is 9.38. The van der Waals surface area contributed by atoms with E-state index >= 15 is 0 Å². The van der Waals surface area contributed by atoms with Gasteiger partial charge in [0.1, 0.15) is 11.8 Å². The number of amides is 1. The predicted molar refractivity (Wildman–Crippen MR) is 78.1 cm³/mol. The van der Waals surface area contributed by atoms with Crippen molar-refractivity contribution >= 4 is 6.09 Å². The largest absolute Gasteiger partial charge is 0.443 e. The van der Waals surface area contributed by atoms with E-state index in [4.69, 9.17) is 9.84 Å². The van der Waals surface area contributed by atoms with Crippen molar-refractivity contribution < 1.29 is 14.6 Å². The molecular weight excluding hydrogens is 258 g/mol. The summed E-state index contributed by atoms with van der Waals surface area (Å²) >= 11 is 0. The van der Waals surface area contributed by atoms with Crippen LogP contribution in [0.25, 0.3) is 0 Å². The molecular formula is C14H25N3O3. The second kappa shape index (κ2) is 8.04. The number of rotatable bonds is 0. The number of ether oxygens (including phenoxy) is 1. The maximum absolute atomic E-state index is 11.4. The van der Waals surface area contributed by atoms with Crippen molar-refractivity contribution in [3.05, 3.63) is 24.4 Å². The normalized spacial score (nSPS) is 22.0. The number of aliphatic hydroxyl groups is 1. The van der Waals surface area contributed by atoms with Gasteiger partial charge in [-0.15, -0.1) is 0 Å². The molecule has 3 N–H and O–H groups in total. The second-order valence-electron chi connectivity index (χ2n) is 5.58. The first kappa shape index (κ1) is 16.7. The molecule has 1 atom stereocenters. The summed E-state index contributed by atoms with van der Waals surface area (Å²) in [6, 6.07) is 0. The molecule has 1 saturated heterocycles. The van der Waals surface area contributed by atoms with Crippen molar-refractivity contribution in [2.75, 3.05) is 26.2 Å². The number of nitrogens with zero attached hydrogens (tertiary/aromatic N) is 1. The quantitative estimate of drug-likeness (QED) is 0.613. The van der Waals surface area contributed by atoms with Crippen LogP contribution in [-0.2, 0) is 4.74 Å². The third-order valence-corrected chi connectivity index (χ3v) is 2.46. The summed E-state index contributed by atoms with van der Waals surface area (Å²) < 4.78 is 5.18. The molecule has 2 aliphatic heterocycles. The number of nitrogens with one attached hydrogen (secondary N) is 2. The van der Waals surface area contributed by atoms with Crippen LogP contribution in [0.1, 0.15) is 20.8 Å². The third-order valence-electron chi connectivity index (χ3n) is 2.46. The fourth-order valence-corrected chi connectivity index (χ4v) is 1.56. The van der Waals surface area contributed by atoms with E-state index in [1.165, 1.54) is 4.90 Å². The van der Waals surface area contributed by atoms with Gasteiger partial charge in [-0.3, -0.25) is 10.2 Å². The summed E-state index contributed by atoms with van der Waals surface area (Å²) in [6.07, 6.45) is 6.72. The number of aliphatic hydroxyl groups excluding tert-OH is 1. The molecule has 0 aromatic heterocycles. The standard InChI is InChI=1S/C10H15NO2.C4H10N2O/c1-10(2,3)13-9(12)11-7-5-4-6-8-11;7-4-3-5-1-2-6-4/h4-7H,8H2,1-3H3;4-7H,1-3H2/t;4-/m.1/s1. The average Bonchev–Trinajstić information content (AvgIpc) is 2.39. The molecule has 2 heterocycles. The summed E-state index contributed by atoms with van der Waals surface area (Å²) in [6.45, 7) is 8.68. The fourth-order valence-electron chi connectivity index (χ4n) is 1.56. The van der Waals surface area contributed by atoms with Crippen LogP contribution < -0.4 is 10.6 Å². The highest BCUT2D eigenvalue weighted by Gasteiger charge is 2.20. The Morgan fingerprint density at radius 1 is 1.35 bits per heavy atom. The molecule has 0 saturated carbocycles. The lowest BCUT2D eigenvalue weighted by Gasteiger charge is -2.25. The Balaban J connectivity index is 0.000000240. The minimum Gasteiger partial charge on any atom is -0.443 e. The zero-order chi connectivity index (χ0) is 15.0. The molecule has 6 nitrogen and oxygen atoms in total. The number of piperazine rings is 1. The minimum absolute atomic E-state index is 0.298. The highest BCUT2D eigenvalue weighted by Crippen LogP contribution is 2.11. The molecule has 6 heteroatoms. The molecule has 0 aliphatic carbocycles. The molecule has 2 rings (SSSR count). The van der Waals surface area contributed by atoms with E-state index < -0.39 is 5.60 Å². The zero-order valence-corrected chi connectivity index (χ0v) is 12.4. The fraction of sp³-hybridized carbons (Fsp3) is 0.643. The lowest BCUT2D eigenvalue weighted by Crippen LogP contribution is -2.47. The molecule has 1 amide bonds. The van der Waals surface area contributed by atoms with Crippen molar-refractivity contribution in [2.45, 2.75) is 32.6 Å². The van der Waals surface area contributed by atoms with Gasteiger partial charge in [-0.1, -0.05) is 12.2 Å². The highest BCUT2D eigenvalue weighted by atomic mass is 16.6. The molecule has 0 spiro atoms. The Kier molecular flexibility index (Phi) is 6.70. The van der Waals surface area contributed by atoms with Gasteiger partial charge in [0.2, 0.25) is 0 Å². The van der Waals surface area contributed by atoms with E-state index in [0.29, 0.717) is 13.1 Å². The Morgan fingerprint density at radius 2 is 2.10 bits per heavy atom. The minimum atomic E-state index is -0.425. The van der Waals surface area contributed by atoms with E-state index in [1.54, 1.807) is 6.20 Å². The van der Waals surface area contributed by atoms with Gasteiger partial charge < -0.3 is 15.2 Å². The van der Waals surface area contributed by atoms with Crippen LogP contribution in [0.2, 0.25) is 0 Å². The molecule has 2 aliphatic rings. The van der Waals surface area contributed by atoms with Gasteiger partial charge >= 0.3 is 6.09 Å². The van der Waals surface area contributed by atoms with Crippen molar-refractivity contribution in [3.63, 3.8) is 0 Å². The molecule has 0 aromatic carbocycles. The third kappa shape index (κ3) is 7.28. The van der Waals surface area contributed by atoms with Crippen LogP contribution in [0, 0.1) is 0 Å². The van der Waals surface area contributed by atoms with Crippen molar-refractivity contribution in [1.29, 1.82) is 0 Å². The molecule has 114 valence electrons. The summed E-state index contributed by atoms with van der Waals surface area (Å²) in [5.74, 6) is 0. The maximum atomic E-state index is 11.4. The van der Waals surface area contributed by atoms with Gasteiger partial charge in [-0.2, -0.15) is 0 Å². The molecule has 1 fully saturated rings. The van der Waals surface area contributed by atoms with Crippen LogP contribution in [0.15, 0.2) is 24.4 Å². The van der Waals surface area contributed by atoms with Crippen LogP contribution in [0.3, 0.4) is 0 Å². The Bertz CT molecular complexity index is 355. The van der Waals surface area contributed by atoms with Crippen LogP contribution in [0.5, 0.6) is 0 Å². The van der Waals surface area contributed by atoms with E-state index in [-0.39, 0.29) is 12.3 Å². The maximum Gasteiger partial charge on any atom is 0.414 e. The number of carbonyl (C=O) groups excluding carboxylic acids is 1. The first-order valence-electron chi connectivity index (χ1n) is 6.83. The lowest BCUT2D eigenvalue weighted by molar-refractivity contribution is 0.0350. The number of hydrogen-bond donors (Lipinski definition) is 3. The number of carbonyl (C=O) groups is 1. The van der Waals surface area contributed by atoms with Crippen molar-refractivity contribution in [1.82, 2.24) is 15.5 Å². The van der Waals surface area contributed by atoms with Gasteiger partial charge in [0.25, 0.3) is 0 Å². The van der Waals surface area contributed by atoms with Crippen molar-refractivity contribution in [3.8, 4) is 0 Å². The van der Waals surface area contributed by atoms with E-state index in [0.717, 1.165) is 13.1 Å². The topological polar surface area (TPSA) is 73.8 Å². The summed E-state index contributed by atoms with van der Waals surface area (Å²) in [5, 5.41) is 14.6. The molecule has 20 heavy (non-hydrogen) atoms. The van der Waals surface area contributed by atoms with E-state index in [2.05, 4.69) is 10.6 Å². The molecule has 0 unspecified atom stereocenters. The Hall–Kier alpha value is -1.37. The van der Waals surface area contributed by atoms with E-state index in [1.807, 2.05) is 39.0 Å². The van der Waals surface area contributed by atoms with Gasteiger partial charge in [-0.05, 0) is 26.8 Å². The van der Waals surface area contributed by atoms with Crippen LogP contribution >= 0.6 is 0 Å². The van der Waals surface area contributed by atoms with Gasteiger partial charge in [0, 0.05) is 32.4 Å². The van der Waals surface area contributed by atoms with E-state index in [9.17, 15) is 4.79 Å². The van der Waals surface area contributed by atoms with Crippen molar-refractivity contribution in [2.24, 2.45) is 0 Å². The monoisotopic (exact) mass is 283 g/mol. The Morgan fingerprint density at radius 3 is 2.50 bits per heavy atom. The average molecular weight is 283 g/mol. The SMILES string of the molecule is CC(C)(C)OC(=O)N1C=CC=CC1.O[C@@H]1CNCCN1. The number of β-amino-alcohol motifs (C(OH)–C–C–N with tert-alkyl or cyclic N) is 1. The smallest absolute Gasteiger partial charge is 0.414 e. The van der Waals surface area contributed by atoms with Gasteiger partial charge in [0.15, 0.2) is 0 Å². The second-order valence-corrected chi connectivity index (χ2v) is 5.58. The van der Waals surface area contributed by atoms with Gasteiger partial charge in [-0.25, -0.2) is 4.79 Å². The number of hydrogen-bond acceptors (Lipinski definition) is 5. The lowest BCUT2D eigenvalue weighted by atomic mass is 10.2. The summed E-state index contributed by atoms with van der Waals surface area (Å²) in [7, 11) is 0. The number of allylic oxidation sites excluding steroid dienone is 2. The van der Waals surface area contributed by atoms with Crippen LogP contribution in [0.4, 0.5) is 4.79 Å².